The summed E-state index contributed by atoms with van der Waals surface area (Å²) in [5, 5.41) is 9.11. The van der Waals surface area contributed by atoms with Crippen LogP contribution in [0, 0.1) is 23.0 Å². The quantitative estimate of drug-likeness (QED) is 0.745. The van der Waals surface area contributed by atoms with Gasteiger partial charge in [-0.25, -0.2) is 8.78 Å². The molecule has 0 aliphatic rings. The van der Waals surface area contributed by atoms with Crippen LogP contribution >= 0.6 is 11.6 Å². The third-order valence-electron chi connectivity index (χ3n) is 2.27. The summed E-state index contributed by atoms with van der Waals surface area (Å²) in [7, 11) is 0. The van der Waals surface area contributed by atoms with Gasteiger partial charge in [0.05, 0.1) is 11.6 Å². The number of benzene rings is 2. The summed E-state index contributed by atoms with van der Waals surface area (Å²) in [4.78, 5) is 0. The second kappa shape index (κ2) is 4.52. The van der Waals surface area contributed by atoms with E-state index in [1.807, 2.05) is 6.07 Å². The SMILES string of the molecule is N#Cc1ccc(Cl)c(-c2cc(F)cc(F)c2)c1. The van der Waals surface area contributed by atoms with Gasteiger partial charge in [-0.1, -0.05) is 11.6 Å². The summed E-state index contributed by atoms with van der Waals surface area (Å²) in [5.74, 6) is -1.36. The Hall–Kier alpha value is -1.92. The Labute approximate surface area is 102 Å². The zero-order chi connectivity index (χ0) is 12.4. The smallest absolute Gasteiger partial charge is 0.126 e. The number of hydrogen-bond acceptors (Lipinski definition) is 1. The highest BCUT2D eigenvalue weighted by molar-refractivity contribution is 6.33. The summed E-state index contributed by atoms with van der Waals surface area (Å²) in [6.45, 7) is 0. The molecule has 0 N–H and O–H groups in total. The summed E-state index contributed by atoms with van der Waals surface area (Å²) in [6, 6.07) is 9.64. The van der Waals surface area contributed by atoms with Gasteiger partial charge in [0.1, 0.15) is 11.6 Å². The van der Waals surface area contributed by atoms with Crippen molar-refractivity contribution < 1.29 is 8.78 Å². The Morgan fingerprint density at radius 3 is 2.24 bits per heavy atom. The van der Waals surface area contributed by atoms with E-state index in [2.05, 4.69) is 0 Å². The molecule has 0 heterocycles. The van der Waals surface area contributed by atoms with E-state index in [1.54, 1.807) is 6.07 Å². The monoisotopic (exact) mass is 249 g/mol. The van der Waals surface area contributed by atoms with E-state index in [-0.39, 0.29) is 0 Å². The highest BCUT2D eigenvalue weighted by Crippen LogP contribution is 2.29. The molecule has 4 heteroatoms. The third-order valence-corrected chi connectivity index (χ3v) is 2.60. The Kier molecular flexibility index (Phi) is 3.08. The second-order valence-electron chi connectivity index (χ2n) is 3.46. The van der Waals surface area contributed by atoms with Crippen LogP contribution in [-0.2, 0) is 0 Å². The van der Waals surface area contributed by atoms with Gasteiger partial charge in [-0.3, -0.25) is 0 Å². The van der Waals surface area contributed by atoms with E-state index >= 15 is 0 Å². The Balaban J connectivity index is 2.63. The first-order valence-electron chi connectivity index (χ1n) is 4.76. The standard InChI is InChI=1S/C13H6ClF2N/c14-13-2-1-8(7-17)3-12(13)9-4-10(15)6-11(16)5-9/h1-6H. The van der Waals surface area contributed by atoms with Crippen molar-refractivity contribution in [1.29, 1.82) is 5.26 Å². The minimum absolute atomic E-state index is 0.310. The average molecular weight is 250 g/mol. The molecule has 0 amide bonds. The van der Waals surface area contributed by atoms with Crippen LogP contribution in [0.25, 0.3) is 11.1 Å². The highest BCUT2D eigenvalue weighted by Gasteiger charge is 2.08. The highest BCUT2D eigenvalue weighted by atomic mass is 35.5. The molecule has 0 radical (unpaired) electrons. The van der Waals surface area contributed by atoms with Crippen LogP contribution in [0.1, 0.15) is 5.56 Å². The van der Waals surface area contributed by atoms with Crippen molar-refractivity contribution in [3.8, 4) is 17.2 Å². The van der Waals surface area contributed by atoms with E-state index in [1.165, 1.54) is 24.3 Å². The van der Waals surface area contributed by atoms with Gasteiger partial charge in [0.25, 0.3) is 0 Å². The summed E-state index contributed by atoms with van der Waals surface area (Å²) in [5.41, 5.74) is 1.13. The Bertz CT molecular complexity index is 597. The first kappa shape index (κ1) is 11.6. The number of halogens is 3. The molecule has 2 rings (SSSR count). The van der Waals surface area contributed by atoms with Crippen molar-refractivity contribution in [3.05, 3.63) is 58.6 Å². The lowest BCUT2D eigenvalue weighted by molar-refractivity contribution is 0.584. The lowest BCUT2D eigenvalue weighted by Crippen LogP contribution is -1.86. The van der Waals surface area contributed by atoms with Crippen LogP contribution in [0.4, 0.5) is 8.78 Å². The molecule has 0 bridgehead atoms. The number of nitrogens with zero attached hydrogens (tertiary/aromatic N) is 1. The van der Waals surface area contributed by atoms with E-state index in [4.69, 9.17) is 16.9 Å². The van der Waals surface area contributed by atoms with Crippen molar-refractivity contribution in [2.45, 2.75) is 0 Å². The lowest BCUT2D eigenvalue weighted by Gasteiger charge is -2.05. The van der Waals surface area contributed by atoms with Gasteiger partial charge in [0.15, 0.2) is 0 Å². The number of hydrogen-bond donors (Lipinski definition) is 0. The third kappa shape index (κ3) is 2.43. The van der Waals surface area contributed by atoms with Crippen LogP contribution in [0.2, 0.25) is 5.02 Å². The largest absolute Gasteiger partial charge is 0.207 e. The molecule has 0 saturated carbocycles. The Morgan fingerprint density at radius 2 is 1.65 bits per heavy atom. The van der Waals surface area contributed by atoms with E-state index in [9.17, 15) is 8.78 Å². The average Bonchev–Trinajstić information content (AvgIpc) is 2.28. The van der Waals surface area contributed by atoms with E-state index in [0.29, 0.717) is 21.7 Å². The molecule has 0 unspecified atom stereocenters. The lowest BCUT2D eigenvalue weighted by atomic mass is 10.0. The molecule has 84 valence electrons. The van der Waals surface area contributed by atoms with Crippen molar-refractivity contribution >= 4 is 11.6 Å². The Morgan fingerprint density at radius 1 is 1.00 bits per heavy atom. The molecule has 0 aliphatic heterocycles. The van der Waals surface area contributed by atoms with Crippen molar-refractivity contribution in [1.82, 2.24) is 0 Å². The van der Waals surface area contributed by atoms with Crippen molar-refractivity contribution in [2.75, 3.05) is 0 Å². The van der Waals surface area contributed by atoms with Crippen LogP contribution in [0.15, 0.2) is 36.4 Å². The summed E-state index contributed by atoms with van der Waals surface area (Å²) < 4.78 is 26.2. The minimum Gasteiger partial charge on any atom is -0.207 e. The van der Waals surface area contributed by atoms with Gasteiger partial charge in [0.2, 0.25) is 0 Å². The molecule has 0 fully saturated rings. The predicted octanol–water partition coefficient (Wildman–Crippen LogP) is 4.16. The molecule has 0 aromatic heterocycles. The number of nitriles is 1. The molecule has 0 aliphatic carbocycles. The second-order valence-corrected chi connectivity index (χ2v) is 3.87. The summed E-state index contributed by atoms with van der Waals surface area (Å²) in [6.07, 6.45) is 0. The molecule has 2 aromatic carbocycles. The van der Waals surface area contributed by atoms with Crippen LogP contribution < -0.4 is 0 Å². The first-order chi connectivity index (χ1) is 8.10. The molecule has 0 atom stereocenters. The van der Waals surface area contributed by atoms with Gasteiger partial charge in [-0.2, -0.15) is 5.26 Å². The van der Waals surface area contributed by atoms with Gasteiger partial charge in [-0.05, 0) is 35.9 Å². The van der Waals surface area contributed by atoms with Crippen LogP contribution in [0.5, 0.6) is 0 Å². The fourth-order valence-corrected chi connectivity index (χ4v) is 1.75. The van der Waals surface area contributed by atoms with E-state index < -0.39 is 11.6 Å². The molecule has 17 heavy (non-hydrogen) atoms. The molecule has 0 saturated heterocycles. The zero-order valence-corrected chi connectivity index (χ0v) is 9.30. The molecular weight excluding hydrogens is 244 g/mol. The maximum Gasteiger partial charge on any atom is 0.126 e. The first-order valence-corrected chi connectivity index (χ1v) is 5.14. The normalized spacial score (nSPS) is 10.0. The van der Waals surface area contributed by atoms with Crippen molar-refractivity contribution in [2.24, 2.45) is 0 Å². The van der Waals surface area contributed by atoms with Crippen molar-refractivity contribution in [3.63, 3.8) is 0 Å². The topological polar surface area (TPSA) is 23.8 Å². The van der Waals surface area contributed by atoms with Gasteiger partial charge >= 0.3 is 0 Å². The van der Waals surface area contributed by atoms with Crippen LogP contribution in [-0.4, -0.2) is 0 Å². The van der Waals surface area contributed by atoms with Gasteiger partial charge < -0.3 is 0 Å². The molecular formula is C13H6ClF2N. The molecule has 1 nitrogen and oxygen atoms in total. The molecule has 0 spiro atoms. The van der Waals surface area contributed by atoms with E-state index in [0.717, 1.165) is 6.07 Å². The van der Waals surface area contributed by atoms with Gasteiger partial charge in [0, 0.05) is 16.7 Å². The van der Waals surface area contributed by atoms with Gasteiger partial charge in [-0.15, -0.1) is 0 Å². The minimum atomic E-state index is -0.682. The maximum absolute atomic E-state index is 13.1. The molecule has 2 aromatic rings. The zero-order valence-electron chi connectivity index (χ0n) is 8.55. The van der Waals surface area contributed by atoms with Crippen LogP contribution in [0.3, 0.4) is 0 Å². The summed E-state index contributed by atoms with van der Waals surface area (Å²) >= 11 is 5.94. The number of rotatable bonds is 1. The predicted molar refractivity (Wildman–Crippen MR) is 61.5 cm³/mol. The fraction of sp³-hybridized carbons (Fsp3) is 0. The maximum atomic E-state index is 13.1. The fourth-order valence-electron chi connectivity index (χ4n) is 1.53.